The molecule has 0 fully saturated rings. The summed E-state index contributed by atoms with van der Waals surface area (Å²) in [5.41, 5.74) is -6.55. The van der Waals surface area contributed by atoms with E-state index in [1.807, 2.05) is 0 Å². The summed E-state index contributed by atoms with van der Waals surface area (Å²) >= 11 is 0. The molecular formula is C31H18F13NO3. The van der Waals surface area contributed by atoms with Gasteiger partial charge >= 0.3 is 25.1 Å². The molecule has 1 amide bonds. The van der Waals surface area contributed by atoms with E-state index in [1.54, 1.807) is 0 Å². The molecule has 256 valence electrons. The third kappa shape index (κ3) is 8.12. The number of benzene rings is 4. The molecule has 0 saturated carbocycles. The molecule has 4 aromatic carbocycles. The maximum absolute atomic E-state index is 15.9. The van der Waals surface area contributed by atoms with E-state index in [0.717, 1.165) is 6.07 Å². The molecule has 48 heavy (non-hydrogen) atoms. The molecule has 1 N–H and O–H groups in total. The van der Waals surface area contributed by atoms with Crippen molar-refractivity contribution in [2.75, 3.05) is 0 Å². The van der Waals surface area contributed by atoms with Crippen LogP contribution in [0.4, 0.5) is 57.1 Å². The molecule has 1 atom stereocenters. The van der Waals surface area contributed by atoms with E-state index in [4.69, 9.17) is 0 Å². The summed E-state index contributed by atoms with van der Waals surface area (Å²) in [6.07, 6.45) is -20.9. The van der Waals surface area contributed by atoms with Crippen molar-refractivity contribution >= 4 is 5.91 Å². The van der Waals surface area contributed by atoms with Gasteiger partial charge in [0.05, 0.1) is 11.1 Å². The first-order chi connectivity index (χ1) is 22.2. The molecule has 1 unspecified atom stereocenters. The van der Waals surface area contributed by atoms with Gasteiger partial charge in [-0.15, -0.1) is 13.2 Å². The third-order valence-electron chi connectivity index (χ3n) is 6.73. The lowest BCUT2D eigenvalue weighted by Crippen LogP contribution is -2.49. The highest BCUT2D eigenvalue weighted by Crippen LogP contribution is 2.41. The second kappa shape index (κ2) is 13.3. The number of alkyl halides is 10. The average Bonchev–Trinajstić information content (AvgIpc) is 2.97. The molecule has 0 spiro atoms. The second-order valence-electron chi connectivity index (χ2n) is 10.0. The molecule has 0 aromatic heterocycles. The predicted molar refractivity (Wildman–Crippen MR) is 141 cm³/mol. The number of amides is 1. The van der Waals surface area contributed by atoms with Gasteiger partial charge in [0.1, 0.15) is 17.4 Å². The number of carbonyl (C=O) groups is 1. The van der Waals surface area contributed by atoms with Crippen molar-refractivity contribution in [1.82, 2.24) is 5.32 Å². The summed E-state index contributed by atoms with van der Waals surface area (Å²) in [6.45, 7) is 0. The minimum atomic E-state index is -5.48. The predicted octanol–water partition coefficient (Wildman–Crippen LogP) is 9.17. The van der Waals surface area contributed by atoms with Crippen LogP contribution in [0.5, 0.6) is 11.5 Å². The summed E-state index contributed by atoms with van der Waals surface area (Å²) in [6, 6.07) is 11.0. The van der Waals surface area contributed by atoms with Crippen LogP contribution in [0.1, 0.15) is 32.6 Å². The van der Waals surface area contributed by atoms with Gasteiger partial charge in [-0.3, -0.25) is 4.79 Å². The standard InChI is InChI=1S/C31H18F13NO3/c32-22-10-6-17(12-21(22)29(37,38)39)26(46)45-28(15-16-4-2-1-3-5-16,18-7-11-23(33)25(13-18)48-31(42,43)44)20-9-8-19(14-24(20)34)47-30(40,41)27(35)36/h1-14,27H,15H2,(H,45,46). The van der Waals surface area contributed by atoms with Crippen molar-refractivity contribution in [1.29, 1.82) is 0 Å². The fraction of sp³-hybridized carbons (Fsp3) is 0.194. The van der Waals surface area contributed by atoms with Gasteiger partial charge in [-0.05, 0) is 53.6 Å². The van der Waals surface area contributed by atoms with Gasteiger partial charge in [0.15, 0.2) is 11.6 Å². The molecule has 0 radical (unpaired) electrons. The van der Waals surface area contributed by atoms with Gasteiger partial charge in [0.25, 0.3) is 5.91 Å². The van der Waals surface area contributed by atoms with E-state index in [0.29, 0.717) is 36.4 Å². The van der Waals surface area contributed by atoms with Crippen LogP contribution in [0.15, 0.2) is 84.9 Å². The normalized spacial score (nSPS) is 13.6. The average molecular weight is 699 g/mol. The molecular weight excluding hydrogens is 681 g/mol. The first-order valence-electron chi connectivity index (χ1n) is 13.2. The lowest BCUT2D eigenvalue weighted by Gasteiger charge is -2.37. The molecule has 0 aliphatic heterocycles. The van der Waals surface area contributed by atoms with Crippen molar-refractivity contribution < 1.29 is 71.3 Å². The third-order valence-corrected chi connectivity index (χ3v) is 6.73. The van der Waals surface area contributed by atoms with Gasteiger partial charge in [-0.2, -0.15) is 30.7 Å². The van der Waals surface area contributed by atoms with Crippen molar-refractivity contribution in [3.63, 3.8) is 0 Å². The number of ether oxygens (including phenoxy) is 2. The minimum Gasteiger partial charge on any atom is -0.428 e. The van der Waals surface area contributed by atoms with Crippen LogP contribution in [0.25, 0.3) is 0 Å². The van der Waals surface area contributed by atoms with E-state index in [1.165, 1.54) is 30.3 Å². The maximum atomic E-state index is 15.9. The Bertz CT molecular complexity index is 1780. The highest BCUT2D eigenvalue weighted by atomic mass is 19.4. The summed E-state index contributed by atoms with van der Waals surface area (Å²) in [5.74, 6) is -9.14. The number of carbonyl (C=O) groups excluding carboxylic acids is 1. The van der Waals surface area contributed by atoms with E-state index < -0.39 is 94.1 Å². The number of hydrogen-bond acceptors (Lipinski definition) is 3. The fourth-order valence-corrected chi connectivity index (χ4v) is 4.67. The maximum Gasteiger partial charge on any atom is 0.573 e. The molecule has 4 rings (SSSR count). The number of rotatable bonds is 10. The smallest absolute Gasteiger partial charge is 0.428 e. The Labute approximate surface area is 261 Å². The summed E-state index contributed by atoms with van der Waals surface area (Å²) < 4.78 is 184. The van der Waals surface area contributed by atoms with Crippen LogP contribution >= 0.6 is 0 Å². The Morgan fingerprint density at radius 1 is 0.688 bits per heavy atom. The minimum absolute atomic E-state index is 0.0977. The Kier molecular flexibility index (Phi) is 9.92. The zero-order valence-corrected chi connectivity index (χ0v) is 23.5. The quantitative estimate of drug-likeness (QED) is 0.168. The number of halogens is 13. The van der Waals surface area contributed by atoms with Crippen LogP contribution in [-0.2, 0) is 18.1 Å². The molecule has 0 bridgehead atoms. The van der Waals surface area contributed by atoms with Crippen LogP contribution in [0.3, 0.4) is 0 Å². The van der Waals surface area contributed by atoms with Gasteiger partial charge < -0.3 is 14.8 Å². The Morgan fingerprint density at radius 2 is 1.33 bits per heavy atom. The lowest BCUT2D eigenvalue weighted by atomic mass is 9.77. The monoisotopic (exact) mass is 699 g/mol. The molecule has 4 aromatic rings. The summed E-state index contributed by atoms with van der Waals surface area (Å²) in [7, 11) is 0. The zero-order chi connectivity index (χ0) is 35.7. The SMILES string of the molecule is O=C(NC(Cc1ccccc1)(c1ccc(F)c(OC(F)(F)F)c1)c1ccc(OC(F)(F)C(F)F)cc1F)c1ccc(F)c(C(F)(F)F)c1. The van der Waals surface area contributed by atoms with Crippen molar-refractivity contribution in [2.45, 2.75) is 37.0 Å². The largest absolute Gasteiger partial charge is 0.573 e. The molecule has 0 aliphatic carbocycles. The van der Waals surface area contributed by atoms with Crippen LogP contribution < -0.4 is 14.8 Å². The van der Waals surface area contributed by atoms with Gasteiger partial charge in [-0.25, -0.2) is 13.2 Å². The summed E-state index contributed by atoms with van der Waals surface area (Å²) in [4.78, 5) is 13.6. The van der Waals surface area contributed by atoms with Crippen LogP contribution in [-0.4, -0.2) is 24.8 Å². The Balaban J connectivity index is 2.00. The van der Waals surface area contributed by atoms with E-state index >= 15 is 4.39 Å². The van der Waals surface area contributed by atoms with Crippen molar-refractivity contribution in [3.8, 4) is 11.5 Å². The first kappa shape index (κ1) is 35.9. The highest BCUT2D eigenvalue weighted by Gasteiger charge is 2.45. The summed E-state index contributed by atoms with van der Waals surface area (Å²) in [5, 5.41) is 2.23. The molecule has 4 nitrogen and oxygen atoms in total. The van der Waals surface area contributed by atoms with Crippen LogP contribution in [0, 0.1) is 17.5 Å². The number of nitrogens with one attached hydrogen (secondary N) is 1. The van der Waals surface area contributed by atoms with Gasteiger partial charge in [0.2, 0.25) is 0 Å². The topological polar surface area (TPSA) is 47.6 Å². The van der Waals surface area contributed by atoms with Crippen molar-refractivity contribution in [2.24, 2.45) is 0 Å². The van der Waals surface area contributed by atoms with Gasteiger partial charge in [0, 0.05) is 23.6 Å². The van der Waals surface area contributed by atoms with E-state index in [2.05, 4.69) is 14.8 Å². The first-order valence-corrected chi connectivity index (χ1v) is 13.2. The second-order valence-corrected chi connectivity index (χ2v) is 10.0. The van der Waals surface area contributed by atoms with E-state index in [-0.39, 0.29) is 17.7 Å². The Hall–Kier alpha value is -4.96. The van der Waals surface area contributed by atoms with Gasteiger partial charge in [-0.1, -0.05) is 36.4 Å². The molecule has 17 heteroatoms. The highest BCUT2D eigenvalue weighted by molar-refractivity contribution is 5.95. The number of hydrogen-bond donors (Lipinski definition) is 1. The Morgan fingerprint density at radius 3 is 1.92 bits per heavy atom. The molecule has 0 saturated heterocycles. The molecule has 0 heterocycles. The fourth-order valence-electron chi connectivity index (χ4n) is 4.67. The van der Waals surface area contributed by atoms with Crippen molar-refractivity contribution in [3.05, 3.63) is 130 Å². The zero-order valence-electron chi connectivity index (χ0n) is 23.5. The lowest BCUT2D eigenvalue weighted by molar-refractivity contribution is -0.275. The van der Waals surface area contributed by atoms with Crippen LogP contribution in [0.2, 0.25) is 0 Å². The van der Waals surface area contributed by atoms with E-state index in [9.17, 15) is 57.5 Å². The molecule has 0 aliphatic rings.